The molecule has 2 amide bonds. The minimum atomic E-state index is -0.841. The summed E-state index contributed by atoms with van der Waals surface area (Å²) in [5.41, 5.74) is 0.819. The number of aliphatic hydroxyl groups is 1. The summed E-state index contributed by atoms with van der Waals surface area (Å²) in [7, 11) is 1.61. The Hall–Kier alpha value is -2.34. The normalized spacial score (nSPS) is 14.6. The van der Waals surface area contributed by atoms with Crippen molar-refractivity contribution < 1.29 is 19.4 Å². The second-order valence-corrected chi connectivity index (χ2v) is 7.91. The molecule has 0 radical (unpaired) electrons. The molecule has 0 aliphatic carbocycles. The standard InChI is InChI=1S/C21H32N2O4/c1-14(2)13-17(22-20(26)27-21(4,5)6)19(25)23(7)15(3)18(24)16-11-9-8-10-12-16/h8-12,15,17-18,24H,1,13H2,2-7H3,(H,22,26)/t15-,17+,18+/m1/s1. The molecule has 0 fully saturated rings. The van der Waals surface area contributed by atoms with Crippen LogP contribution in [-0.2, 0) is 9.53 Å². The molecule has 3 atom stereocenters. The number of carbonyl (C=O) groups excluding carboxylic acids is 2. The van der Waals surface area contributed by atoms with Crippen LogP contribution in [0.5, 0.6) is 0 Å². The van der Waals surface area contributed by atoms with E-state index in [9.17, 15) is 14.7 Å². The van der Waals surface area contributed by atoms with E-state index < -0.39 is 29.9 Å². The van der Waals surface area contributed by atoms with Gasteiger partial charge in [-0.2, -0.15) is 0 Å². The van der Waals surface area contributed by atoms with Crippen LogP contribution in [-0.4, -0.2) is 46.7 Å². The molecule has 6 nitrogen and oxygen atoms in total. The van der Waals surface area contributed by atoms with Crippen LogP contribution >= 0.6 is 0 Å². The number of nitrogens with one attached hydrogen (secondary N) is 1. The SMILES string of the molecule is C=C(C)C[C@H](NC(=O)OC(C)(C)C)C(=O)N(C)[C@H](C)[C@H](O)c1ccccc1. The first-order valence-corrected chi connectivity index (χ1v) is 9.06. The highest BCUT2D eigenvalue weighted by atomic mass is 16.6. The molecule has 0 spiro atoms. The molecule has 150 valence electrons. The van der Waals surface area contributed by atoms with Crippen LogP contribution in [0.2, 0.25) is 0 Å². The number of nitrogens with zero attached hydrogens (tertiary/aromatic N) is 1. The van der Waals surface area contributed by atoms with Gasteiger partial charge in [-0.3, -0.25) is 4.79 Å². The Balaban J connectivity index is 2.89. The van der Waals surface area contributed by atoms with Crippen LogP contribution in [0.15, 0.2) is 42.5 Å². The Bertz CT molecular complexity index is 652. The van der Waals surface area contributed by atoms with E-state index in [1.165, 1.54) is 4.90 Å². The molecule has 0 heterocycles. The third kappa shape index (κ3) is 7.43. The third-order valence-electron chi connectivity index (χ3n) is 4.10. The van der Waals surface area contributed by atoms with Crippen LogP contribution in [0.25, 0.3) is 0 Å². The Morgan fingerprint density at radius 3 is 2.30 bits per heavy atom. The predicted octanol–water partition coefficient (Wildman–Crippen LogP) is 3.43. The number of carbonyl (C=O) groups is 2. The summed E-state index contributed by atoms with van der Waals surface area (Å²) in [5, 5.41) is 13.2. The van der Waals surface area contributed by atoms with Gasteiger partial charge in [0.25, 0.3) is 0 Å². The lowest BCUT2D eigenvalue weighted by Gasteiger charge is -2.32. The largest absolute Gasteiger partial charge is 0.444 e. The quantitative estimate of drug-likeness (QED) is 0.715. The summed E-state index contributed by atoms with van der Waals surface area (Å²) in [6.45, 7) is 12.7. The van der Waals surface area contributed by atoms with Gasteiger partial charge in [0, 0.05) is 7.05 Å². The minimum absolute atomic E-state index is 0.288. The molecule has 27 heavy (non-hydrogen) atoms. The van der Waals surface area contributed by atoms with Crippen LogP contribution in [0.4, 0.5) is 4.79 Å². The van der Waals surface area contributed by atoms with Gasteiger partial charge in [0.05, 0.1) is 12.1 Å². The van der Waals surface area contributed by atoms with E-state index in [0.29, 0.717) is 0 Å². The predicted molar refractivity (Wildman–Crippen MR) is 106 cm³/mol. The number of hydrogen-bond acceptors (Lipinski definition) is 4. The number of hydrogen-bond donors (Lipinski definition) is 2. The molecular weight excluding hydrogens is 344 g/mol. The second-order valence-electron chi connectivity index (χ2n) is 7.91. The number of likely N-dealkylation sites (N-methyl/N-ethyl adjacent to an activating group) is 1. The smallest absolute Gasteiger partial charge is 0.408 e. The Labute approximate surface area is 162 Å². The van der Waals surface area contributed by atoms with E-state index in [4.69, 9.17) is 4.74 Å². The second kappa shape index (κ2) is 9.55. The Morgan fingerprint density at radius 1 is 1.26 bits per heavy atom. The van der Waals surface area contributed by atoms with Gasteiger partial charge in [-0.05, 0) is 46.6 Å². The zero-order chi connectivity index (χ0) is 20.8. The molecule has 0 aromatic heterocycles. The van der Waals surface area contributed by atoms with Gasteiger partial charge in [-0.15, -0.1) is 6.58 Å². The molecule has 0 unspecified atom stereocenters. The zero-order valence-corrected chi connectivity index (χ0v) is 17.2. The average molecular weight is 376 g/mol. The van der Waals surface area contributed by atoms with Crippen molar-refractivity contribution >= 4 is 12.0 Å². The maximum atomic E-state index is 13.0. The molecular formula is C21H32N2O4. The van der Waals surface area contributed by atoms with Crippen molar-refractivity contribution in [2.75, 3.05) is 7.05 Å². The fourth-order valence-electron chi connectivity index (χ4n) is 2.59. The molecule has 1 aromatic carbocycles. The first kappa shape index (κ1) is 22.7. The fourth-order valence-corrected chi connectivity index (χ4v) is 2.59. The van der Waals surface area contributed by atoms with E-state index in [1.807, 2.05) is 30.3 Å². The number of aliphatic hydroxyl groups excluding tert-OH is 1. The van der Waals surface area contributed by atoms with E-state index in [-0.39, 0.29) is 12.3 Å². The van der Waals surface area contributed by atoms with Crippen molar-refractivity contribution in [1.82, 2.24) is 10.2 Å². The van der Waals surface area contributed by atoms with Gasteiger partial charge in [-0.1, -0.05) is 35.9 Å². The van der Waals surface area contributed by atoms with Crippen LogP contribution in [0.3, 0.4) is 0 Å². The van der Waals surface area contributed by atoms with Gasteiger partial charge >= 0.3 is 6.09 Å². The van der Waals surface area contributed by atoms with Crippen molar-refractivity contribution in [2.45, 2.75) is 64.8 Å². The highest BCUT2D eigenvalue weighted by molar-refractivity contribution is 5.86. The summed E-state index contributed by atoms with van der Waals surface area (Å²) in [5.74, 6) is -0.314. The number of amides is 2. The van der Waals surface area contributed by atoms with Gasteiger partial charge in [-0.25, -0.2) is 4.79 Å². The molecule has 0 bridgehead atoms. The van der Waals surface area contributed by atoms with Gasteiger partial charge in [0.2, 0.25) is 5.91 Å². The van der Waals surface area contributed by atoms with Crippen LogP contribution in [0.1, 0.15) is 52.7 Å². The monoisotopic (exact) mass is 376 g/mol. The summed E-state index contributed by atoms with van der Waals surface area (Å²) < 4.78 is 5.26. The lowest BCUT2D eigenvalue weighted by atomic mass is 10.0. The molecule has 1 aromatic rings. The van der Waals surface area contributed by atoms with Gasteiger partial charge in [0.1, 0.15) is 11.6 Å². The summed E-state index contributed by atoms with van der Waals surface area (Å²) in [4.78, 5) is 26.5. The summed E-state index contributed by atoms with van der Waals surface area (Å²) >= 11 is 0. The Kier molecular flexibility index (Phi) is 8.03. The van der Waals surface area contributed by atoms with Crippen molar-refractivity contribution in [3.63, 3.8) is 0 Å². The lowest BCUT2D eigenvalue weighted by Crippen LogP contribution is -2.51. The molecule has 2 N–H and O–H groups in total. The van der Waals surface area contributed by atoms with Crippen LogP contribution < -0.4 is 5.32 Å². The van der Waals surface area contributed by atoms with Gasteiger partial charge in [0.15, 0.2) is 0 Å². The Morgan fingerprint density at radius 2 is 1.81 bits per heavy atom. The van der Waals surface area contributed by atoms with Crippen molar-refractivity contribution in [2.24, 2.45) is 0 Å². The zero-order valence-electron chi connectivity index (χ0n) is 17.2. The number of rotatable bonds is 7. The first-order valence-electron chi connectivity index (χ1n) is 9.06. The summed E-state index contributed by atoms with van der Waals surface area (Å²) in [6, 6.07) is 7.86. The minimum Gasteiger partial charge on any atom is -0.444 e. The fraction of sp³-hybridized carbons (Fsp3) is 0.524. The topological polar surface area (TPSA) is 78.9 Å². The average Bonchev–Trinajstić information content (AvgIpc) is 2.57. The van der Waals surface area contributed by atoms with E-state index in [0.717, 1.165) is 11.1 Å². The van der Waals surface area contributed by atoms with Crippen molar-refractivity contribution in [1.29, 1.82) is 0 Å². The summed E-state index contributed by atoms with van der Waals surface area (Å²) in [6.07, 6.45) is -1.21. The van der Waals surface area contributed by atoms with Crippen LogP contribution in [0, 0.1) is 0 Å². The van der Waals surface area contributed by atoms with Crippen molar-refractivity contribution in [3.8, 4) is 0 Å². The molecule has 0 aliphatic rings. The highest BCUT2D eigenvalue weighted by Gasteiger charge is 2.31. The van der Waals surface area contributed by atoms with Gasteiger partial charge < -0.3 is 20.1 Å². The lowest BCUT2D eigenvalue weighted by molar-refractivity contribution is -0.136. The van der Waals surface area contributed by atoms with E-state index in [2.05, 4.69) is 11.9 Å². The first-order chi connectivity index (χ1) is 12.4. The molecule has 0 aliphatic heterocycles. The molecule has 6 heteroatoms. The third-order valence-corrected chi connectivity index (χ3v) is 4.10. The maximum absolute atomic E-state index is 13.0. The number of benzene rings is 1. The number of alkyl carbamates (subject to hydrolysis) is 1. The molecule has 0 saturated carbocycles. The number of ether oxygens (including phenoxy) is 1. The molecule has 0 saturated heterocycles. The maximum Gasteiger partial charge on any atom is 0.408 e. The van der Waals surface area contributed by atoms with Crippen molar-refractivity contribution in [3.05, 3.63) is 48.0 Å². The van der Waals surface area contributed by atoms with E-state index >= 15 is 0 Å². The van der Waals surface area contributed by atoms with E-state index in [1.54, 1.807) is 41.7 Å². The molecule has 1 rings (SSSR count). The highest BCUT2D eigenvalue weighted by Crippen LogP contribution is 2.21.